The van der Waals surface area contributed by atoms with E-state index in [1.807, 2.05) is 6.20 Å². The largest absolute Gasteiger partial charge is 0.352 e. The summed E-state index contributed by atoms with van der Waals surface area (Å²) in [5, 5.41) is 3.06. The van der Waals surface area contributed by atoms with Gasteiger partial charge in [0.05, 0.1) is 0 Å². The van der Waals surface area contributed by atoms with Crippen molar-refractivity contribution in [1.29, 1.82) is 0 Å². The summed E-state index contributed by atoms with van der Waals surface area (Å²) in [7, 11) is 0. The first kappa shape index (κ1) is 15.5. The summed E-state index contributed by atoms with van der Waals surface area (Å²) < 4.78 is 0. The van der Waals surface area contributed by atoms with Crippen LogP contribution in [0.2, 0.25) is 0 Å². The standard InChI is InChI=1S/C18H27N3O/c1-13-3-8-18(19-11-13)15-4-6-17(7-5-15)21-10-9-16(12-21)20-14(2)22/h3,8,11,15-17H,4-7,9-10,12H2,1-2H3,(H,20,22)/t15?,16-,17?/m1/s1. The molecule has 120 valence electrons. The van der Waals surface area contributed by atoms with Crippen LogP contribution in [0.3, 0.4) is 0 Å². The van der Waals surface area contributed by atoms with E-state index in [4.69, 9.17) is 0 Å². The Morgan fingerprint density at radius 1 is 1.23 bits per heavy atom. The van der Waals surface area contributed by atoms with Gasteiger partial charge in [0.1, 0.15) is 0 Å². The van der Waals surface area contributed by atoms with Gasteiger partial charge in [-0.15, -0.1) is 0 Å². The molecule has 3 rings (SSSR count). The zero-order valence-corrected chi connectivity index (χ0v) is 13.7. The molecule has 1 aliphatic carbocycles. The van der Waals surface area contributed by atoms with Crippen molar-refractivity contribution in [1.82, 2.24) is 15.2 Å². The number of likely N-dealkylation sites (tertiary alicyclic amines) is 1. The molecule has 2 aliphatic rings. The van der Waals surface area contributed by atoms with Crippen LogP contribution in [0.15, 0.2) is 18.3 Å². The molecule has 2 fully saturated rings. The van der Waals surface area contributed by atoms with Gasteiger partial charge < -0.3 is 5.32 Å². The van der Waals surface area contributed by atoms with Crippen LogP contribution < -0.4 is 5.32 Å². The minimum atomic E-state index is 0.0982. The van der Waals surface area contributed by atoms with Crippen molar-refractivity contribution < 1.29 is 4.79 Å². The number of aromatic nitrogens is 1. The molecule has 1 aliphatic heterocycles. The Hall–Kier alpha value is -1.42. The van der Waals surface area contributed by atoms with Gasteiger partial charge in [-0.2, -0.15) is 0 Å². The number of pyridine rings is 1. The van der Waals surface area contributed by atoms with E-state index >= 15 is 0 Å². The normalized spacial score (nSPS) is 29.5. The Kier molecular flexibility index (Phi) is 4.77. The summed E-state index contributed by atoms with van der Waals surface area (Å²) in [5.41, 5.74) is 2.50. The lowest BCUT2D eigenvalue weighted by Crippen LogP contribution is -2.40. The van der Waals surface area contributed by atoms with Gasteiger partial charge in [-0.05, 0) is 50.7 Å². The number of carbonyl (C=O) groups excluding carboxylic acids is 1. The van der Waals surface area contributed by atoms with E-state index in [1.165, 1.54) is 36.9 Å². The van der Waals surface area contributed by atoms with Crippen LogP contribution in [0.5, 0.6) is 0 Å². The van der Waals surface area contributed by atoms with E-state index in [-0.39, 0.29) is 5.91 Å². The fraction of sp³-hybridized carbons (Fsp3) is 0.667. The first-order chi connectivity index (χ1) is 10.6. The molecule has 1 atom stereocenters. The lowest BCUT2D eigenvalue weighted by atomic mass is 9.83. The maximum atomic E-state index is 11.2. The maximum absolute atomic E-state index is 11.2. The number of nitrogens with one attached hydrogen (secondary N) is 1. The minimum Gasteiger partial charge on any atom is -0.352 e. The quantitative estimate of drug-likeness (QED) is 0.933. The third-order valence-corrected chi connectivity index (χ3v) is 5.19. The number of rotatable bonds is 3. The van der Waals surface area contributed by atoms with E-state index in [2.05, 4.69) is 34.3 Å². The molecule has 0 spiro atoms. The molecule has 2 heterocycles. The lowest BCUT2D eigenvalue weighted by Gasteiger charge is -2.34. The van der Waals surface area contributed by atoms with Gasteiger partial charge >= 0.3 is 0 Å². The first-order valence-electron chi connectivity index (χ1n) is 8.55. The van der Waals surface area contributed by atoms with Crippen molar-refractivity contribution >= 4 is 5.91 Å². The molecule has 1 aromatic heterocycles. The smallest absolute Gasteiger partial charge is 0.217 e. The Balaban J connectivity index is 1.50. The van der Waals surface area contributed by atoms with Gasteiger partial charge in [0, 0.05) is 49.9 Å². The highest BCUT2D eigenvalue weighted by Crippen LogP contribution is 2.34. The van der Waals surface area contributed by atoms with Crippen LogP contribution in [0.25, 0.3) is 0 Å². The molecule has 1 N–H and O–H groups in total. The van der Waals surface area contributed by atoms with E-state index in [0.29, 0.717) is 18.0 Å². The van der Waals surface area contributed by atoms with Crippen molar-refractivity contribution in [3.05, 3.63) is 29.6 Å². The van der Waals surface area contributed by atoms with Gasteiger partial charge in [0.25, 0.3) is 0 Å². The fourth-order valence-corrected chi connectivity index (χ4v) is 3.98. The van der Waals surface area contributed by atoms with E-state index in [0.717, 1.165) is 19.5 Å². The molecule has 0 unspecified atom stereocenters. The molecule has 1 saturated heterocycles. The third-order valence-electron chi connectivity index (χ3n) is 5.19. The molecule has 0 bridgehead atoms. The number of aryl methyl sites for hydroxylation is 1. The van der Waals surface area contributed by atoms with Crippen molar-refractivity contribution in [2.24, 2.45) is 0 Å². The zero-order chi connectivity index (χ0) is 15.5. The Labute approximate surface area is 133 Å². The summed E-state index contributed by atoms with van der Waals surface area (Å²) >= 11 is 0. The van der Waals surface area contributed by atoms with Gasteiger partial charge in [0.15, 0.2) is 0 Å². The molecule has 1 aromatic rings. The summed E-state index contributed by atoms with van der Waals surface area (Å²) in [6.07, 6.45) is 8.07. The van der Waals surface area contributed by atoms with Crippen molar-refractivity contribution in [3.8, 4) is 0 Å². The Morgan fingerprint density at radius 3 is 2.64 bits per heavy atom. The van der Waals surface area contributed by atoms with Crippen LogP contribution in [-0.2, 0) is 4.79 Å². The zero-order valence-electron chi connectivity index (χ0n) is 13.7. The summed E-state index contributed by atoms with van der Waals surface area (Å²) in [6.45, 7) is 5.86. The van der Waals surface area contributed by atoms with Gasteiger partial charge in [0.2, 0.25) is 5.91 Å². The van der Waals surface area contributed by atoms with Gasteiger partial charge in [-0.3, -0.25) is 14.7 Å². The average molecular weight is 301 g/mol. The molecule has 1 saturated carbocycles. The van der Waals surface area contributed by atoms with Crippen molar-refractivity contribution in [2.75, 3.05) is 13.1 Å². The Bertz CT molecular complexity index is 506. The average Bonchev–Trinajstić information content (AvgIpc) is 2.96. The molecule has 22 heavy (non-hydrogen) atoms. The molecular weight excluding hydrogens is 274 g/mol. The third kappa shape index (κ3) is 3.67. The predicted molar refractivity (Wildman–Crippen MR) is 87.8 cm³/mol. The number of carbonyl (C=O) groups is 1. The molecule has 0 radical (unpaired) electrons. The van der Waals surface area contributed by atoms with Crippen LogP contribution in [0.1, 0.15) is 56.2 Å². The summed E-state index contributed by atoms with van der Waals surface area (Å²) in [4.78, 5) is 18.4. The van der Waals surface area contributed by atoms with Crippen molar-refractivity contribution in [2.45, 2.75) is 64.0 Å². The number of amides is 1. The highest BCUT2D eigenvalue weighted by atomic mass is 16.1. The summed E-state index contributed by atoms with van der Waals surface area (Å²) in [5.74, 6) is 0.728. The lowest BCUT2D eigenvalue weighted by molar-refractivity contribution is -0.119. The minimum absolute atomic E-state index is 0.0982. The summed E-state index contributed by atoms with van der Waals surface area (Å²) in [6, 6.07) is 5.42. The Morgan fingerprint density at radius 2 is 2.00 bits per heavy atom. The second-order valence-electron chi connectivity index (χ2n) is 6.95. The predicted octanol–water partition coefficient (Wildman–Crippen LogP) is 2.63. The number of hydrogen-bond acceptors (Lipinski definition) is 3. The number of hydrogen-bond donors (Lipinski definition) is 1. The maximum Gasteiger partial charge on any atom is 0.217 e. The fourth-order valence-electron chi connectivity index (χ4n) is 3.98. The molecule has 1 amide bonds. The molecule has 0 aromatic carbocycles. The van der Waals surface area contributed by atoms with E-state index in [9.17, 15) is 4.79 Å². The van der Waals surface area contributed by atoms with Crippen LogP contribution >= 0.6 is 0 Å². The van der Waals surface area contributed by atoms with Crippen molar-refractivity contribution in [3.63, 3.8) is 0 Å². The molecule has 4 heteroatoms. The highest BCUT2D eigenvalue weighted by Gasteiger charge is 2.32. The van der Waals surface area contributed by atoms with Crippen LogP contribution in [-0.4, -0.2) is 41.0 Å². The van der Waals surface area contributed by atoms with Gasteiger partial charge in [-0.1, -0.05) is 6.07 Å². The van der Waals surface area contributed by atoms with Crippen LogP contribution in [0, 0.1) is 6.92 Å². The monoisotopic (exact) mass is 301 g/mol. The van der Waals surface area contributed by atoms with E-state index in [1.54, 1.807) is 6.92 Å². The topological polar surface area (TPSA) is 45.2 Å². The highest BCUT2D eigenvalue weighted by molar-refractivity contribution is 5.73. The number of nitrogens with zero attached hydrogens (tertiary/aromatic N) is 2. The second kappa shape index (κ2) is 6.78. The molecule has 4 nitrogen and oxygen atoms in total. The SMILES string of the molecule is CC(=O)N[C@@H]1CCN(C2CCC(c3ccc(C)cn3)CC2)C1. The van der Waals surface area contributed by atoms with Gasteiger partial charge in [-0.25, -0.2) is 0 Å². The van der Waals surface area contributed by atoms with E-state index < -0.39 is 0 Å². The second-order valence-corrected chi connectivity index (χ2v) is 6.95. The molecular formula is C18H27N3O. The van der Waals surface area contributed by atoms with Crippen LogP contribution in [0.4, 0.5) is 0 Å². The first-order valence-corrected chi connectivity index (χ1v) is 8.55.